The molecule has 1 saturated carbocycles. The summed E-state index contributed by atoms with van der Waals surface area (Å²) in [5.74, 6) is 1.60. The first-order valence-electron chi connectivity index (χ1n) is 12.5. The van der Waals surface area contributed by atoms with Crippen molar-refractivity contribution in [3.8, 4) is 0 Å². The number of imide groups is 1. The number of carbonyl (C=O) groups excluding carboxylic acids is 2. The first-order valence-corrected chi connectivity index (χ1v) is 12.5. The molecule has 2 saturated heterocycles. The Kier molecular flexibility index (Phi) is 9.58. The Morgan fingerprint density at radius 1 is 1.03 bits per heavy atom. The Morgan fingerprint density at radius 3 is 2.21 bits per heavy atom. The first-order chi connectivity index (χ1) is 15.5. The second-order valence-corrected chi connectivity index (χ2v) is 9.81. The highest BCUT2D eigenvalue weighted by Crippen LogP contribution is 2.52. The molecule has 0 aromatic rings. The van der Waals surface area contributed by atoms with Crippen LogP contribution in [0.1, 0.15) is 27.2 Å². The standard InChI is InChI=1S/C24H40N6O2.HI/c1-4-25-24(27-15-17(3)16-29-12-10-28(5-2)11-13-29)26-8-9-30-22(31)20-18-6-7-19(14-18)21(20)23(30)32;/h6-7,17-21H,4-5,8-16H2,1-3H3,(H2,25,26,27);1H. The number of hydrogen-bond donors (Lipinski definition) is 2. The Bertz CT molecular complexity index is 721. The van der Waals surface area contributed by atoms with Gasteiger partial charge in [-0.15, -0.1) is 24.0 Å². The molecule has 5 unspecified atom stereocenters. The van der Waals surface area contributed by atoms with Crippen molar-refractivity contribution in [2.24, 2.45) is 34.6 Å². The summed E-state index contributed by atoms with van der Waals surface area (Å²) in [6.45, 7) is 15.8. The van der Waals surface area contributed by atoms with Crippen LogP contribution in [0.4, 0.5) is 0 Å². The number of guanidine groups is 1. The van der Waals surface area contributed by atoms with Crippen molar-refractivity contribution in [2.75, 3.05) is 65.4 Å². The molecule has 4 aliphatic rings. The molecule has 33 heavy (non-hydrogen) atoms. The average Bonchev–Trinajstić information content (AvgIpc) is 3.47. The summed E-state index contributed by atoms with van der Waals surface area (Å²) in [6.07, 6.45) is 5.25. The molecule has 2 aliphatic carbocycles. The molecule has 0 aromatic carbocycles. The van der Waals surface area contributed by atoms with Crippen LogP contribution in [-0.4, -0.2) is 97.9 Å². The minimum atomic E-state index is -0.112. The lowest BCUT2D eigenvalue weighted by molar-refractivity contribution is -0.140. The molecule has 0 radical (unpaired) electrons. The van der Waals surface area contributed by atoms with E-state index in [1.54, 1.807) is 0 Å². The van der Waals surface area contributed by atoms with Crippen LogP contribution in [0.2, 0.25) is 0 Å². The Hall–Kier alpha value is -1.20. The second-order valence-electron chi connectivity index (χ2n) is 9.81. The summed E-state index contributed by atoms with van der Waals surface area (Å²) in [5.41, 5.74) is 0. The summed E-state index contributed by atoms with van der Waals surface area (Å²) in [4.78, 5) is 36.9. The predicted molar refractivity (Wildman–Crippen MR) is 142 cm³/mol. The van der Waals surface area contributed by atoms with Gasteiger partial charge in [0.2, 0.25) is 11.8 Å². The van der Waals surface area contributed by atoms with Crippen molar-refractivity contribution in [2.45, 2.75) is 27.2 Å². The fourth-order valence-electron chi connectivity index (χ4n) is 5.85. The van der Waals surface area contributed by atoms with Crippen LogP contribution in [0.5, 0.6) is 0 Å². The van der Waals surface area contributed by atoms with Crippen molar-refractivity contribution >= 4 is 41.8 Å². The Balaban J connectivity index is 0.00000306. The number of nitrogens with one attached hydrogen (secondary N) is 2. The van der Waals surface area contributed by atoms with Crippen LogP contribution in [0.15, 0.2) is 17.1 Å². The van der Waals surface area contributed by atoms with Crippen LogP contribution in [0.25, 0.3) is 0 Å². The van der Waals surface area contributed by atoms with Crippen LogP contribution in [-0.2, 0) is 9.59 Å². The quantitative estimate of drug-likeness (QED) is 0.142. The lowest BCUT2D eigenvalue weighted by atomic mass is 9.85. The third kappa shape index (κ3) is 5.90. The van der Waals surface area contributed by atoms with Crippen molar-refractivity contribution in [1.82, 2.24) is 25.3 Å². The number of likely N-dealkylation sites (tertiary alicyclic amines) is 1. The van der Waals surface area contributed by atoms with Gasteiger partial charge in [0.1, 0.15) is 0 Å². The van der Waals surface area contributed by atoms with Crippen molar-refractivity contribution in [3.05, 3.63) is 12.2 Å². The van der Waals surface area contributed by atoms with Crippen molar-refractivity contribution in [3.63, 3.8) is 0 Å². The molecule has 2 N–H and O–H groups in total. The van der Waals surface area contributed by atoms with Crippen LogP contribution < -0.4 is 10.6 Å². The molecule has 2 aliphatic heterocycles. The summed E-state index contributed by atoms with van der Waals surface area (Å²) in [5, 5.41) is 6.61. The molecular formula is C24H41IN6O2. The normalized spacial score (nSPS) is 30.5. The highest BCUT2D eigenvalue weighted by Gasteiger charge is 2.58. The maximum atomic E-state index is 12.8. The van der Waals surface area contributed by atoms with Gasteiger partial charge in [-0.1, -0.05) is 26.0 Å². The van der Waals surface area contributed by atoms with E-state index in [1.807, 2.05) is 6.92 Å². The number of likely N-dealkylation sites (N-methyl/N-ethyl adjacent to an activating group) is 1. The Morgan fingerprint density at radius 2 is 1.64 bits per heavy atom. The zero-order chi connectivity index (χ0) is 22.7. The summed E-state index contributed by atoms with van der Waals surface area (Å²) >= 11 is 0. The number of hydrogen-bond acceptors (Lipinski definition) is 5. The molecule has 0 spiro atoms. The molecule has 8 nitrogen and oxygen atoms in total. The summed E-state index contributed by atoms with van der Waals surface area (Å²) < 4.78 is 0. The lowest BCUT2D eigenvalue weighted by Gasteiger charge is -2.35. The number of amides is 2. The number of rotatable bonds is 9. The van der Waals surface area contributed by atoms with Crippen LogP contribution in [0.3, 0.4) is 0 Å². The minimum Gasteiger partial charge on any atom is -0.357 e. The monoisotopic (exact) mass is 572 g/mol. The van der Waals surface area contributed by atoms with Gasteiger partial charge >= 0.3 is 0 Å². The van der Waals surface area contributed by atoms with Gasteiger partial charge in [0, 0.05) is 58.9 Å². The van der Waals surface area contributed by atoms with E-state index in [4.69, 9.17) is 4.99 Å². The van der Waals surface area contributed by atoms with Crippen molar-refractivity contribution in [1.29, 1.82) is 0 Å². The van der Waals surface area contributed by atoms with Gasteiger partial charge in [0.05, 0.1) is 11.8 Å². The summed E-state index contributed by atoms with van der Waals surface area (Å²) in [7, 11) is 0. The number of fused-ring (bicyclic) bond motifs is 5. The number of allylic oxidation sites excluding steroid dienone is 2. The molecular weight excluding hydrogens is 531 g/mol. The minimum absolute atomic E-state index is 0. The zero-order valence-electron chi connectivity index (χ0n) is 20.3. The van der Waals surface area contributed by atoms with E-state index < -0.39 is 0 Å². The number of nitrogens with zero attached hydrogens (tertiary/aromatic N) is 4. The van der Waals surface area contributed by atoms with E-state index in [-0.39, 0.29) is 59.5 Å². The lowest BCUT2D eigenvalue weighted by Crippen LogP contribution is -2.47. The molecule has 2 heterocycles. The number of piperazine rings is 1. The van der Waals surface area contributed by atoms with E-state index in [2.05, 4.69) is 46.4 Å². The molecule has 2 amide bonds. The van der Waals surface area contributed by atoms with E-state index >= 15 is 0 Å². The molecule has 186 valence electrons. The van der Waals surface area contributed by atoms with Gasteiger partial charge in [0.25, 0.3) is 0 Å². The zero-order valence-corrected chi connectivity index (χ0v) is 22.7. The molecule has 5 atom stereocenters. The fraction of sp³-hybridized carbons (Fsp3) is 0.792. The van der Waals surface area contributed by atoms with Gasteiger partial charge in [-0.25, -0.2) is 0 Å². The van der Waals surface area contributed by atoms with Gasteiger partial charge in [-0.05, 0) is 37.6 Å². The first kappa shape index (κ1) is 26.4. The number of aliphatic imine (C=N–C) groups is 1. The SMILES string of the molecule is CCNC(=NCC(C)CN1CCN(CC)CC1)NCCN1C(=O)C2C3C=CC(C3)C2C1=O.I. The second kappa shape index (κ2) is 12.0. The van der Waals surface area contributed by atoms with Crippen LogP contribution in [0, 0.1) is 29.6 Å². The van der Waals surface area contributed by atoms with E-state index in [9.17, 15) is 9.59 Å². The summed E-state index contributed by atoms with van der Waals surface area (Å²) in [6, 6.07) is 0. The van der Waals surface area contributed by atoms with E-state index in [1.165, 1.54) is 4.90 Å². The number of halogens is 1. The van der Waals surface area contributed by atoms with Gasteiger partial charge in [-0.2, -0.15) is 0 Å². The Labute approximate surface area is 215 Å². The highest BCUT2D eigenvalue weighted by atomic mass is 127. The highest BCUT2D eigenvalue weighted by molar-refractivity contribution is 14.0. The number of carbonyl (C=O) groups is 2. The smallest absolute Gasteiger partial charge is 0.233 e. The van der Waals surface area contributed by atoms with Gasteiger partial charge in [-0.3, -0.25) is 19.5 Å². The average molecular weight is 573 g/mol. The predicted octanol–water partition coefficient (Wildman–Crippen LogP) is 1.24. The van der Waals surface area contributed by atoms with E-state index in [0.717, 1.165) is 64.7 Å². The molecule has 9 heteroatoms. The van der Waals surface area contributed by atoms with Crippen LogP contribution >= 0.6 is 24.0 Å². The largest absolute Gasteiger partial charge is 0.357 e. The van der Waals surface area contributed by atoms with E-state index in [0.29, 0.717) is 19.0 Å². The maximum Gasteiger partial charge on any atom is 0.233 e. The molecule has 2 bridgehead atoms. The maximum absolute atomic E-state index is 12.8. The van der Waals surface area contributed by atoms with Gasteiger partial charge in [0.15, 0.2) is 5.96 Å². The topological polar surface area (TPSA) is 80.3 Å². The third-order valence-electron chi connectivity index (χ3n) is 7.58. The fourth-order valence-corrected chi connectivity index (χ4v) is 5.85. The molecule has 3 fully saturated rings. The molecule has 0 aromatic heterocycles. The van der Waals surface area contributed by atoms with Crippen molar-refractivity contribution < 1.29 is 9.59 Å². The third-order valence-corrected chi connectivity index (χ3v) is 7.58. The molecule has 4 rings (SSSR count). The van der Waals surface area contributed by atoms with Gasteiger partial charge < -0.3 is 20.4 Å².